The molecule has 2 aromatic rings. The number of rotatable bonds is 10. The van der Waals surface area contributed by atoms with Gasteiger partial charge in [0.1, 0.15) is 6.04 Å². The fourth-order valence-corrected chi connectivity index (χ4v) is 4.92. The monoisotopic (exact) mass is 408 g/mol. The Bertz CT molecular complexity index is 789. The Labute approximate surface area is 169 Å². The van der Waals surface area contributed by atoms with Gasteiger partial charge in [-0.15, -0.1) is 11.8 Å². The largest absolute Gasteiger partial charge is 0.480 e. The first-order valence-electron chi connectivity index (χ1n) is 9.09. The normalized spacial score (nSPS) is 13.7. The number of aromatic amines is 1. The van der Waals surface area contributed by atoms with Crippen LogP contribution in [0, 0.1) is 12.8 Å². The van der Waals surface area contributed by atoms with Crippen molar-refractivity contribution in [1.82, 2.24) is 10.3 Å². The van der Waals surface area contributed by atoms with E-state index >= 15 is 0 Å². The number of thioether (sulfide) groups is 2. The van der Waals surface area contributed by atoms with Gasteiger partial charge in [0.2, 0.25) is 5.91 Å². The molecule has 0 aliphatic rings. The molecular formula is C20H28N2O3S2. The lowest BCUT2D eigenvalue weighted by Crippen LogP contribution is -2.45. The predicted molar refractivity (Wildman–Crippen MR) is 115 cm³/mol. The molecule has 0 bridgehead atoms. The molecule has 7 heteroatoms. The van der Waals surface area contributed by atoms with Crippen molar-refractivity contribution in [2.24, 2.45) is 5.92 Å². The van der Waals surface area contributed by atoms with Gasteiger partial charge in [0.25, 0.3) is 0 Å². The van der Waals surface area contributed by atoms with Crippen molar-refractivity contribution >= 4 is 46.3 Å². The molecule has 1 heterocycles. The molecule has 0 fully saturated rings. The third kappa shape index (κ3) is 5.94. The number of carboxylic acids is 1. The molecule has 1 aromatic carbocycles. The summed E-state index contributed by atoms with van der Waals surface area (Å²) in [5.41, 5.74) is 2.20. The molecule has 0 saturated carbocycles. The van der Waals surface area contributed by atoms with Crippen molar-refractivity contribution in [3.05, 3.63) is 30.0 Å². The minimum Gasteiger partial charge on any atom is -0.480 e. The van der Waals surface area contributed by atoms with Crippen molar-refractivity contribution in [3.8, 4) is 0 Å². The van der Waals surface area contributed by atoms with Gasteiger partial charge in [-0.1, -0.05) is 26.0 Å². The maximum Gasteiger partial charge on any atom is 0.326 e. The maximum atomic E-state index is 12.9. The zero-order chi connectivity index (χ0) is 20.0. The van der Waals surface area contributed by atoms with Gasteiger partial charge in [0.05, 0.1) is 5.25 Å². The van der Waals surface area contributed by atoms with Crippen molar-refractivity contribution in [2.45, 2.75) is 49.8 Å². The summed E-state index contributed by atoms with van der Waals surface area (Å²) in [6.07, 6.45) is 4.97. The topological polar surface area (TPSA) is 82.2 Å². The number of hydrogen-bond donors (Lipinski definition) is 3. The number of amides is 1. The summed E-state index contributed by atoms with van der Waals surface area (Å²) >= 11 is 3.09. The number of aryl methyl sites for hydroxylation is 1. The van der Waals surface area contributed by atoms with E-state index in [-0.39, 0.29) is 11.2 Å². The smallest absolute Gasteiger partial charge is 0.326 e. The first-order valence-corrected chi connectivity index (χ1v) is 11.4. The highest BCUT2D eigenvalue weighted by Crippen LogP contribution is 2.35. The quantitative estimate of drug-likeness (QED) is 0.511. The summed E-state index contributed by atoms with van der Waals surface area (Å²) in [6.45, 7) is 6.20. The van der Waals surface area contributed by atoms with Gasteiger partial charge in [-0.05, 0) is 49.3 Å². The van der Waals surface area contributed by atoms with E-state index in [2.05, 4.69) is 37.1 Å². The van der Waals surface area contributed by atoms with Gasteiger partial charge in [-0.2, -0.15) is 11.8 Å². The number of aliphatic carboxylic acids is 1. The summed E-state index contributed by atoms with van der Waals surface area (Å²) in [4.78, 5) is 28.7. The van der Waals surface area contributed by atoms with Gasteiger partial charge in [-0.25, -0.2) is 4.79 Å². The molecular weight excluding hydrogens is 380 g/mol. The van der Waals surface area contributed by atoms with Gasteiger partial charge in [0.15, 0.2) is 0 Å². The number of aromatic nitrogens is 1. The molecule has 0 radical (unpaired) electrons. The third-order valence-electron chi connectivity index (χ3n) is 4.35. The molecule has 0 aliphatic carbocycles. The molecule has 2 unspecified atom stereocenters. The SMILES string of the molecule is CSCCC(NC(=O)C(CC(C)C)Sc1c[nH]c2cccc(C)c12)C(=O)O. The van der Waals surface area contributed by atoms with E-state index in [1.807, 2.05) is 24.6 Å². The second-order valence-electron chi connectivity index (χ2n) is 7.07. The summed E-state index contributed by atoms with van der Waals surface area (Å²) in [5.74, 6) is -0.159. The van der Waals surface area contributed by atoms with E-state index in [1.54, 1.807) is 11.8 Å². The van der Waals surface area contributed by atoms with Gasteiger partial charge in [0, 0.05) is 22.0 Å². The first-order chi connectivity index (χ1) is 12.8. The first kappa shape index (κ1) is 21.7. The lowest BCUT2D eigenvalue weighted by atomic mass is 10.1. The van der Waals surface area contributed by atoms with Gasteiger partial charge in [-0.3, -0.25) is 4.79 Å². The van der Waals surface area contributed by atoms with Crippen LogP contribution in [0.15, 0.2) is 29.3 Å². The Morgan fingerprint density at radius 1 is 1.30 bits per heavy atom. The Morgan fingerprint density at radius 2 is 2.04 bits per heavy atom. The molecule has 5 nitrogen and oxygen atoms in total. The second kappa shape index (κ2) is 10.1. The van der Waals surface area contributed by atoms with E-state index in [4.69, 9.17) is 0 Å². The molecule has 0 spiro atoms. The van der Waals surface area contributed by atoms with Crippen LogP contribution >= 0.6 is 23.5 Å². The standard InChI is InChI=1S/C20H28N2O3S2/c1-12(2)10-16(19(23)22-15(20(24)25)8-9-26-4)27-17-11-21-14-7-5-6-13(3)18(14)17/h5-7,11-12,15-16,21H,8-10H2,1-4H3,(H,22,23)(H,24,25). The Balaban J connectivity index is 2.20. The average Bonchev–Trinajstić information content (AvgIpc) is 3.01. The zero-order valence-corrected chi connectivity index (χ0v) is 17.9. The minimum atomic E-state index is -0.978. The van der Waals surface area contributed by atoms with Crippen LogP contribution in [0.25, 0.3) is 10.9 Å². The number of H-pyrrole nitrogens is 1. The summed E-state index contributed by atoms with van der Waals surface area (Å²) in [6, 6.07) is 5.24. The lowest BCUT2D eigenvalue weighted by Gasteiger charge is -2.21. The molecule has 0 saturated heterocycles. The van der Waals surface area contributed by atoms with Crippen LogP contribution in [0.2, 0.25) is 0 Å². The predicted octanol–water partition coefficient (Wildman–Crippen LogP) is 4.31. The highest BCUT2D eigenvalue weighted by molar-refractivity contribution is 8.00. The van der Waals surface area contributed by atoms with Crippen LogP contribution in [0.5, 0.6) is 0 Å². The van der Waals surface area contributed by atoms with Gasteiger partial charge < -0.3 is 15.4 Å². The summed E-state index contributed by atoms with van der Waals surface area (Å²) in [5, 5.41) is 13.0. The van der Waals surface area contributed by atoms with Crippen LogP contribution in [-0.4, -0.2) is 45.3 Å². The molecule has 2 atom stereocenters. The van der Waals surface area contributed by atoms with Gasteiger partial charge >= 0.3 is 5.97 Å². The molecule has 2 rings (SSSR count). The third-order valence-corrected chi connectivity index (χ3v) is 6.26. The molecule has 3 N–H and O–H groups in total. The molecule has 1 amide bonds. The van der Waals surface area contributed by atoms with Crippen molar-refractivity contribution in [1.29, 1.82) is 0 Å². The van der Waals surface area contributed by atoms with E-state index in [0.717, 1.165) is 21.4 Å². The highest BCUT2D eigenvalue weighted by atomic mass is 32.2. The Morgan fingerprint density at radius 3 is 2.67 bits per heavy atom. The van der Waals surface area contributed by atoms with Crippen molar-refractivity contribution in [2.75, 3.05) is 12.0 Å². The number of fused-ring (bicyclic) bond motifs is 1. The van der Waals surface area contributed by atoms with Crippen LogP contribution in [0.1, 0.15) is 32.3 Å². The average molecular weight is 409 g/mol. The van der Waals surface area contributed by atoms with E-state index in [9.17, 15) is 14.7 Å². The number of carbonyl (C=O) groups is 2. The molecule has 27 heavy (non-hydrogen) atoms. The Hall–Kier alpha value is -1.60. The summed E-state index contributed by atoms with van der Waals surface area (Å²) in [7, 11) is 0. The fraction of sp³-hybridized carbons (Fsp3) is 0.500. The summed E-state index contributed by atoms with van der Waals surface area (Å²) < 4.78 is 0. The van der Waals surface area contributed by atoms with Crippen LogP contribution < -0.4 is 5.32 Å². The van der Waals surface area contributed by atoms with Crippen molar-refractivity contribution in [3.63, 3.8) is 0 Å². The number of benzene rings is 1. The fourth-order valence-electron chi connectivity index (χ4n) is 2.97. The molecule has 148 valence electrons. The van der Waals surface area contributed by atoms with E-state index in [0.29, 0.717) is 24.5 Å². The Kier molecular flexibility index (Phi) is 8.10. The molecule has 1 aromatic heterocycles. The van der Waals surface area contributed by atoms with E-state index in [1.165, 1.54) is 11.8 Å². The minimum absolute atomic E-state index is 0.204. The van der Waals surface area contributed by atoms with Crippen molar-refractivity contribution < 1.29 is 14.7 Å². The van der Waals surface area contributed by atoms with Crippen LogP contribution in [-0.2, 0) is 9.59 Å². The number of hydrogen-bond acceptors (Lipinski definition) is 4. The number of carbonyl (C=O) groups excluding carboxylic acids is 1. The lowest BCUT2D eigenvalue weighted by molar-refractivity contribution is -0.141. The second-order valence-corrected chi connectivity index (χ2v) is 9.30. The van der Waals surface area contributed by atoms with Crippen LogP contribution in [0.4, 0.5) is 0 Å². The van der Waals surface area contributed by atoms with E-state index < -0.39 is 12.0 Å². The zero-order valence-electron chi connectivity index (χ0n) is 16.2. The molecule has 0 aliphatic heterocycles. The highest BCUT2D eigenvalue weighted by Gasteiger charge is 2.27. The van der Waals surface area contributed by atoms with Crippen LogP contribution in [0.3, 0.4) is 0 Å². The maximum absolute atomic E-state index is 12.9. The number of nitrogens with one attached hydrogen (secondary N) is 2. The number of carboxylic acid groups (broad SMARTS) is 1.